The molecule has 0 aliphatic heterocycles. The molecule has 1 saturated carbocycles. The highest BCUT2D eigenvalue weighted by Crippen LogP contribution is 2.40. The van der Waals surface area contributed by atoms with Crippen molar-refractivity contribution in [2.75, 3.05) is 13.2 Å². The maximum atomic E-state index is 12.1. The molecular formula is C23H34N2O4. The minimum atomic E-state index is -0.630. The molecule has 1 fully saturated rings. The molecule has 0 bridgehead atoms. The summed E-state index contributed by atoms with van der Waals surface area (Å²) in [6, 6.07) is 7.23. The van der Waals surface area contributed by atoms with E-state index in [-0.39, 0.29) is 31.0 Å². The third kappa shape index (κ3) is 7.18. The van der Waals surface area contributed by atoms with Gasteiger partial charge in [0.2, 0.25) is 0 Å². The van der Waals surface area contributed by atoms with Gasteiger partial charge in [0.1, 0.15) is 6.54 Å². The van der Waals surface area contributed by atoms with Crippen molar-refractivity contribution in [2.24, 2.45) is 11.3 Å². The predicted octanol–water partition coefficient (Wildman–Crippen LogP) is 3.38. The zero-order valence-corrected chi connectivity index (χ0v) is 18.0. The summed E-state index contributed by atoms with van der Waals surface area (Å²) in [6.07, 6.45) is 5.29. The summed E-state index contributed by atoms with van der Waals surface area (Å²) in [7, 11) is 0. The van der Waals surface area contributed by atoms with E-state index in [4.69, 9.17) is 4.74 Å². The van der Waals surface area contributed by atoms with Gasteiger partial charge < -0.3 is 15.4 Å². The molecule has 0 atom stereocenters. The Kier molecular flexibility index (Phi) is 8.23. The molecule has 0 heterocycles. The van der Waals surface area contributed by atoms with Gasteiger partial charge in [-0.1, -0.05) is 44.9 Å². The van der Waals surface area contributed by atoms with Crippen molar-refractivity contribution in [1.82, 2.24) is 10.6 Å². The third-order valence-corrected chi connectivity index (χ3v) is 6.15. The number of aryl methyl sites for hydroxylation is 1. The lowest BCUT2D eigenvalue weighted by Gasteiger charge is -2.39. The number of hydrogen-bond acceptors (Lipinski definition) is 4. The fourth-order valence-corrected chi connectivity index (χ4v) is 3.82. The number of ether oxygens (including phenoxy) is 1. The number of carbonyl (C=O) groups excluding carboxylic acids is 3. The SMILES string of the molecule is CCC(C)(C)C1CCC(NC(=O)COC(=O)CNC(=O)c2cccc(C)c2)CC1. The van der Waals surface area contributed by atoms with Crippen LogP contribution in [-0.2, 0) is 14.3 Å². The topological polar surface area (TPSA) is 84.5 Å². The van der Waals surface area contributed by atoms with E-state index < -0.39 is 5.97 Å². The maximum absolute atomic E-state index is 12.1. The summed E-state index contributed by atoms with van der Waals surface area (Å²) in [5.41, 5.74) is 1.79. The second kappa shape index (κ2) is 10.4. The average Bonchev–Trinajstić information content (AvgIpc) is 2.71. The highest BCUT2D eigenvalue weighted by Gasteiger charge is 2.32. The first-order chi connectivity index (χ1) is 13.7. The third-order valence-electron chi connectivity index (χ3n) is 6.15. The van der Waals surface area contributed by atoms with Crippen LogP contribution in [0.4, 0.5) is 0 Å². The molecule has 0 aromatic heterocycles. The molecule has 1 aromatic carbocycles. The largest absolute Gasteiger partial charge is 0.454 e. The summed E-state index contributed by atoms with van der Waals surface area (Å²) in [5, 5.41) is 5.47. The molecule has 0 unspecified atom stereocenters. The zero-order valence-electron chi connectivity index (χ0n) is 18.0. The van der Waals surface area contributed by atoms with Gasteiger partial charge in [-0.25, -0.2) is 0 Å². The van der Waals surface area contributed by atoms with E-state index in [0.717, 1.165) is 37.7 Å². The molecule has 1 aliphatic carbocycles. The lowest BCUT2D eigenvalue weighted by molar-refractivity contribution is -0.147. The fraction of sp³-hybridized carbons (Fsp3) is 0.609. The monoisotopic (exact) mass is 402 g/mol. The fourth-order valence-electron chi connectivity index (χ4n) is 3.82. The number of amides is 2. The molecule has 29 heavy (non-hydrogen) atoms. The smallest absolute Gasteiger partial charge is 0.325 e. The molecule has 0 spiro atoms. The lowest BCUT2D eigenvalue weighted by atomic mass is 9.69. The van der Waals surface area contributed by atoms with E-state index in [0.29, 0.717) is 16.9 Å². The number of benzene rings is 1. The van der Waals surface area contributed by atoms with Crippen molar-refractivity contribution in [3.05, 3.63) is 35.4 Å². The van der Waals surface area contributed by atoms with Crippen LogP contribution in [0.15, 0.2) is 24.3 Å². The number of nitrogens with one attached hydrogen (secondary N) is 2. The average molecular weight is 403 g/mol. The van der Waals surface area contributed by atoms with Crippen molar-refractivity contribution in [3.8, 4) is 0 Å². The molecule has 1 aromatic rings. The van der Waals surface area contributed by atoms with Crippen LogP contribution >= 0.6 is 0 Å². The Morgan fingerprint density at radius 3 is 2.45 bits per heavy atom. The van der Waals surface area contributed by atoms with Gasteiger partial charge in [0.05, 0.1) is 0 Å². The summed E-state index contributed by atoms with van der Waals surface area (Å²) in [4.78, 5) is 35.9. The van der Waals surface area contributed by atoms with E-state index >= 15 is 0 Å². The van der Waals surface area contributed by atoms with Crippen molar-refractivity contribution < 1.29 is 19.1 Å². The lowest BCUT2D eigenvalue weighted by Crippen LogP contribution is -2.42. The molecular weight excluding hydrogens is 368 g/mol. The molecule has 2 N–H and O–H groups in total. The van der Waals surface area contributed by atoms with Gasteiger partial charge in [0, 0.05) is 11.6 Å². The second-order valence-electron chi connectivity index (χ2n) is 8.67. The van der Waals surface area contributed by atoms with Gasteiger partial charge in [-0.15, -0.1) is 0 Å². The van der Waals surface area contributed by atoms with E-state index in [1.54, 1.807) is 18.2 Å². The van der Waals surface area contributed by atoms with E-state index in [9.17, 15) is 14.4 Å². The summed E-state index contributed by atoms with van der Waals surface area (Å²) < 4.78 is 4.98. The molecule has 6 nitrogen and oxygen atoms in total. The van der Waals surface area contributed by atoms with E-state index in [1.807, 2.05) is 13.0 Å². The normalized spacial score (nSPS) is 19.3. The molecule has 1 aliphatic rings. The molecule has 0 saturated heterocycles. The highest BCUT2D eigenvalue weighted by atomic mass is 16.5. The van der Waals surface area contributed by atoms with Crippen LogP contribution in [0.1, 0.15) is 68.8 Å². The summed E-state index contributed by atoms with van der Waals surface area (Å²) >= 11 is 0. The molecule has 160 valence electrons. The number of carbonyl (C=O) groups is 3. The van der Waals surface area contributed by atoms with Gasteiger partial charge in [0.25, 0.3) is 11.8 Å². The molecule has 2 amide bonds. The standard InChI is InChI=1S/C23H34N2O4/c1-5-23(3,4)18-9-11-19(12-10-18)25-20(26)15-29-21(27)14-24-22(28)17-8-6-7-16(2)13-17/h6-8,13,18-19H,5,9-12,14-15H2,1-4H3,(H,24,28)(H,25,26). The molecule has 0 radical (unpaired) electrons. The molecule has 2 rings (SSSR count). The predicted molar refractivity (Wildman–Crippen MR) is 112 cm³/mol. The highest BCUT2D eigenvalue weighted by molar-refractivity contribution is 5.96. The first-order valence-electron chi connectivity index (χ1n) is 10.5. The summed E-state index contributed by atoms with van der Waals surface area (Å²) in [6.45, 7) is 8.16. The number of hydrogen-bond donors (Lipinski definition) is 2. The van der Waals surface area contributed by atoms with E-state index in [1.165, 1.54) is 0 Å². The van der Waals surface area contributed by atoms with Gasteiger partial charge >= 0.3 is 5.97 Å². The van der Waals surface area contributed by atoms with Crippen LogP contribution in [0.5, 0.6) is 0 Å². The first kappa shape index (κ1) is 22.9. The van der Waals surface area contributed by atoms with Crippen molar-refractivity contribution >= 4 is 17.8 Å². The maximum Gasteiger partial charge on any atom is 0.325 e. The van der Waals surface area contributed by atoms with Crippen LogP contribution in [0.25, 0.3) is 0 Å². The Balaban J connectivity index is 1.65. The van der Waals surface area contributed by atoms with Crippen LogP contribution in [-0.4, -0.2) is 37.0 Å². The van der Waals surface area contributed by atoms with Crippen LogP contribution < -0.4 is 10.6 Å². The van der Waals surface area contributed by atoms with E-state index in [2.05, 4.69) is 31.4 Å². The van der Waals surface area contributed by atoms with Crippen molar-refractivity contribution in [1.29, 1.82) is 0 Å². The van der Waals surface area contributed by atoms with Crippen molar-refractivity contribution in [3.63, 3.8) is 0 Å². The molecule has 6 heteroatoms. The zero-order chi connectivity index (χ0) is 21.4. The number of rotatable bonds is 8. The summed E-state index contributed by atoms with van der Waals surface area (Å²) in [5.74, 6) is -0.575. The first-order valence-corrected chi connectivity index (χ1v) is 10.5. The minimum Gasteiger partial charge on any atom is -0.454 e. The Labute approximate surface area is 173 Å². The van der Waals surface area contributed by atoms with Crippen LogP contribution in [0.3, 0.4) is 0 Å². The Morgan fingerprint density at radius 2 is 1.83 bits per heavy atom. The quantitative estimate of drug-likeness (QED) is 0.653. The second-order valence-corrected chi connectivity index (χ2v) is 8.67. The van der Waals surface area contributed by atoms with Crippen LogP contribution in [0.2, 0.25) is 0 Å². The van der Waals surface area contributed by atoms with Crippen molar-refractivity contribution in [2.45, 2.75) is 65.8 Å². The van der Waals surface area contributed by atoms with Gasteiger partial charge in [-0.3, -0.25) is 14.4 Å². The van der Waals surface area contributed by atoms with Gasteiger partial charge in [-0.05, 0) is 56.1 Å². The van der Waals surface area contributed by atoms with Crippen LogP contribution in [0, 0.1) is 18.3 Å². The van der Waals surface area contributed by atoms with Gasteiger partial charge in [-0.2, -0.15) is 0 Å². The minimum absolute atomic E-state index is 0.145. The Bertz CT molecular complexity index is 721. The Hall–Kier alpha value is -2.37. The van der Waals surface area contributed by atoms with Gasteiger partial charge in [0.15, 0.2) is 6.61 Å². The Morgan fingerprint density at radius 1 is 1.14 bits per heavy atom. The number of esters is 1.